The van der Waals surface area contributed by atoms with Gasteiger partial charge < -0.3 is 25.8 Å². The Hall–Kier alpha value is -1.59. The van der Waals surface area contributed by atoms with E-state index >= 15 is 0 Å². The van der Waals surface area contributed by atoms with E-state index in [-0.39, 0.29) is 0 Å². The molecule has 20 heavy (non-hydrogen) atoms. The highest BCUT2D eigenvalue weighted by Gasteiger charge is 2.43. The van der Waals surface area contributed by atoms with E-state index in [1.165, 1.54) is 0 Å². The van der Waals surface area contributed by atoms with Crippen LogP contribution in [0, 0.1) is 5.82 Å². The van der Waals surface area contributed by atoms with Gasteiger partial charge in [-0.3, -0.25) is 14.3 Å². The fourth-order valence-corrected chi connectivity index (χ4v) is 2.02. The van der Waals surface area contributed by atoms with Crippen molar-refractivity contribution < 1.29 is 24.4 Å². The Kier molecular flexibility index (Phi) is 4.01. The van der Waals surface area contributed by atoms with Gasteiger partial charge in [-0.2, -0.15) is 4.39 Å². The number of aliphatic hydroxyl groups excluding tert-OH is 3. The Labute approximate surface area is 111 Å². The number of aliphatic hydroxyl groups is 3. The molecular formula is C10H14FN3O6. The molecule has 0 bridgehead atoms. The van der Waals surface area contributed by atoms with Gasteiger partial charge in [-0.15, -0.1) is 0 Å². The summed E-state index contributed by atoms with van der Waals surface area (Å²) in [4.78, 5) is 24.3. The Morgan fingerprint density at radius 3 is 2.65 bits per heavy atom. The Morgan fingerprint density at radius 1 is 1.40 bits per heavy atom. The average molecular weight is 291 g/mol. The van der Waals surface area contributed by atoms with Crippen LogP contribution in [-0.2, 0) is 4.74 Å². The molecule has 1 aromatic rings. The predicted molar refractivity (Wildman–Crippen MR) is 62.3 cm³/mol. The second-order valence-electron chi connectivity index (χ2n) is 4.45. The molecule has 0 radical (unpaired) electrons. The van der Waals surface area contributed by atoms with Gasteiger partial charge in [-0.25, -0.2) is 4.79 Å². The molecule has 0 saturated carbocycles. The van der Waals surface area contributed by atoms with E-state index in [0.717, 1.165) is 0 Å². The second-order valence-corrected chi connectivity index (χ2v) is 4.45. The largest absolute Gasteiger partial charge is 0.394 e. The van der Waals surface area contributed by atoms with Crippen LogP contribution in [0.2, 0.25) is 0 Å². The predicted octanol–water partition coefficient (Wildman–Crippen LogP) is -3.39. The Balaban J connectivity index is 2.44. The molecule has 0 aliphatic carbocycles. The van der Waals surface area contributed by atoms with Crippen molar-refractivity contribution >= 4 is 0 Å². The zero-order valence-electron chi connectivity index (χ0n) is 10.1. The van der Waals surface area contributed by atoms with E-state index in [4.69, 9.17) is 15.6 Å². The SMILES string of the molecule is N[C@@H]1[C@H](O)[C@H](O)[C@H](CO)O[C@@H]1n1cc(F)c(=O)[nH]c1=O. The Morgan fingerprint density at radius 2 is 2.05 bits per heavy atom. The molecule has 0 aromatic carbocycles. The number of aromatic nitrogens is 2. The lowest BCUT2D eigenvalue weighted by Gasteiger charge is -2.41. The summed E-state index contributed by atoms with van der Waals surface area (Å²) in [5.41, 5.74) is 3.44. The fourth-order valence-electron chi connectivity index (χ4n) is 2.02. The number of nitrogens with zero attached hydrogens (tertiary/aromatic N) is 1. The standard InChI is InChI=1S/C10H14FN3O6/c11-3-1-14(10(19)13-8(3)18)9-5(12)7(17)6(16)4(2-15)20-9/h1,4-7,9,15-17H,2,12H2,(H,13,18,19)/t4-,5+,6+,7-,9-/m0/s1. The first-order valence-corrected chi connectivity index (χ1v) is 5.75. The monoisotopic (exact) mass is 291 g/mol. The molecule has 0 unspecified atom stereocenters. The molecule has 2 heterocycles. The summed E-state index contributed by atoms with van der Waals surface area (Å²) >= 11 is 0. The number of rotatable bonds is 2. The molecule has 1 aliphatic rings. The first kappa shape index (κ1) is 14.8. The van der Waals surface area contributed by atoms with Crippen LogP contribution in [0.1, 0.15) is 6.23 Å². The molecular weight excluding hydrogens is 277 g/mol. The van der Waals surface area contributed by atoms with Crippen molar-refractivity contribution in [3.05, 3.63) is 32.9 Å². The maximum atomic E-state index is 13.2. The second kappa shape index (κ2) is 5.42. The molecule has 1 aliphatic heterocycles. The lowest BCUT2D eigenvalue weighted by atomic mass is 9.97. The van der Waals surface area contributed by atoms with Gasteiger partial charge in [0, 0.05) is 0 Å². The molecule has 6 N–H and O–H groups in total. The summed E-state index contributed by atoms with van der Waals surface area (Å²) in [6, 6.07) is -1.25. The van der Waals surface area contributed by atoms with Crippen molar-refractivity contribution in [2.24, 2.45) is 5.73 Å². The number of H-pyrrole nitrogens is 1. The van der Waals surface area contributed by atoms with Gasteiger partial charge in [0.15, 0.2) is 6.23 Å². The Bertz CT molecular complexity index is 599. The smallest absolute Gasteiger partial charge is 0.330 e. The average Bonchev–Trinajstić information content (AvgIpc) is 2.41. The van der Waals surface area contributed by atoms with Crippen molar-refractivity contribution in [2.75, 3.05) is 6.61 Å². The van der Waals surface area contributed by atoms with Crippen LogP contribution in [0.4, 0.5) is 4.39 Å². The van der Waals surface area contributed by atoms with Gasteiger partial charge in [-0.05, 0) is 0 Å². The maximum absolute atomic E-state index is 13.2. The first-order chi connectivity index (χ1) is 9.36. The number of hydrogen-bond acceptors (Lipinski definition) is 7. The van der Waals surface area contributed by atoms with Crippen LogP contribution in [0.15, 0.2) is 15.8 Å². The number of hydrogen-bond donors (Lipinski definition) is 5. The van der Waals surface area contributed by atoms with E-state index in [9.17, 15) is 24.2 Å². The van der Waals surface area contributed by atoms with Crippen LogP contribution < -0.4 is 17.0 Å². The van der Waals surface area contributed by atoms with Crippen molar-refractivity contribution in [1.82, 2.24) is 9.55 Å². The number of nitrogens with two attached hydrogens (primary N) is 1. The summed E-state index contributed by atoms with van der Waals surface area (Å²) in [5.74, 6) is -1.23. The quantitative estimate of drug-likeness (QED) is 0.381. The molecule has 112 valence electrons. The highest BCUT2D eigenvalue weighted by Crippen LogP contribution is 2.25. The van der Waals surface area contributed by atoms with Gasteiger partial charge in [0.1, 0.15) is 18.3 Å². The van der Waals surface area contributed by atoms with E-state index in [1.54, 1.807) is 4.98 Å². The summed E-state index contributed by atoms with van der Waals surface area (Å²) < 4.78 is 19.1. The zero-order valence-corrected chi connectivity index (χ0v) is 10.1. The lowest BCUT2D eigenvalue weighted by Crippen LogP contribution is -2.61. The minimum absolute atomic E-state index is 0.588. The van der Waals surface area contributed by atoms with E-state index in [2.05, 4.69) is 0 Å². The van der Waals surface area contributed by atoms with Gasteiger partial charge in [-0.1, -0.05) is 0 Å². The molecule has 1 fully saturated rings. The van der Waals surface area contributed by atoms with Crippen molar-refractivity contribution in [3.8, 4) is 0 Å². The molecule has 5 atom stereocenters. The molecule has 0 amide bonds. The zero-order chi connectivity index (χ0) is 15.0. The van der Waals surface area contributed by atoms with Gasteiger partial charge in [0.2, 0.25) is 5.82 Å². The van der Waals surface area contributed by atoms with E-state index in [0.29, 0.717) is 10.8 Å². The molecule has 2 rings (SSSR count). The molecule has 1 saturated heterocycles. The summed E-state index contributed by atoms with van der Waals surface area (Å²) in [6.45, 7) is -0.637. The molecule has 1 aromatic heterocycles. The van der Waals surface area contributed by atoms with Crippen LogP contribution in [0.25, 0.3) is 0 Å². The number of halogens is 1. The van der Waals surface area contributed by atoms with E-state index < -0.39 is 54.3 Å². The van der Waals surface area contributed by atoms with Crippen LogP contribution in [0.3, 0.4) is 0 Å². The van der Waals surface area contributed by atoms with Crippen molar-refractivity contribution in [2.45, 2.75) is 30.6 Å². The lowest BCUT2D eigenvalue weighted by molar-refractivity contribution is -0.211. The summed E-state index contributed by atoms with van der Waals surface area (Å²) in [7, 11) is 0. The third-order valence-corrected chi connectivity index (χ3v) is 3.15. The topological polar surface area (TPSA) is 151 Å². The van der Waals surface area contributed by atoms with E-state index in [1.807, 2.05) is 0 Å². The first-order valence-electron chi connectivity index (χ1n) is 5.75. The van der Waals surface area contributed by atoms with Crippen LogP contribution >= 0.6 is 0 Å². The highest BCUT2D eigenvalue weighted by molar-refractivity contribution is 4.96. The van der Waals surface area contributed by atoms with Crippen LogP contribution in [0.5, 0.6) is 0 Å². The maximum Gasteiger partial charge on any atom is 0.330 e. The molecule has 0 spiro atoms. The van der Waals surface area contributed by atoms with Gasteiger partial charge in [0.25, 0.3) is 5.56 Å². The summed E-state index contributed by atoms with van der Waals surface area (Å²) in [6.07, 6.45) is -4.90. The highest BCUT2D eigenvalue weighted by atomic mass is 19.1. The van der Waals surface area contributed by atoms with Crippen LogP contribution in [-0.4, -0.2) is 55.8 Å². The molecule has 9 nitrogen and oxygen atoms in total. The third-order valence-electron chi connectivity index (χ3n) is 3.15. The van der Waals surface area contributed by atoms with Gasteiger partial charge in [0.05, 0.1) is 18.8 Å². The number of nitrogens with one attached hydrogen (secondary N) is 1. The molecule has 10 heteroatoms. The fraction of sp³-hybridized carbons (Fsp3) is 0.600. The third kappa shape index (κ3) is 2.39. The normalized spacial score (nSPS) is 34.1. The summed E-state index contributed by atoms with van der Waals surface area (Å²) in [5, 5.41) is 28.4. The van der Waals surface area contributed by atoms with Gasteiger partial charge >= 0.3 is 5.69 Å². The number of aromatic amines is 1. The van der Waals surface area contributed by atoms with Crippen molar-refractivity contribution in [1.29, 1.82) is 0 Å². The van der Waals surface area contributed by atoms with Crippen molar-refractivity contribution in [3.63, 3.8) is 0 Å². The number of ether oxygens (including phenoxy) is 1. The minimum Gasteiger partial charge on any atom is -0.394 e. The minimum atomic E-state index is -1.49.